The Hall–Kier alpha value is -3.09. The number of nitrogens with zero attached hydrogens (tertiary/aromatic N) is 2. The number of nitrogens with one attached hydrogen (secondary N) is 1. The predicted molar refractivity (Wildman–Crippen MR) is 179 cm³/mol. The molecular weight excluding hydrogens is 667 g/mol. The molecule has 4 aliphatic rings. The predicted octanol–water partition coefficient (Wildman–Crippen LogP) is 7.04. The highest BCUT2D eigenvalue weighted by atomic mass is 35.5. The molecule has 0 aromatic heterocycles. The van der Waals surface area contributed by atoms with Crippen LogP contribution in [0, 0.1) is 17.8 Å². The maximum absolute atomic E-state index is 14.1. The molecule has 2 bridgehead atoms. The van der Waals surface area contributed by atoms with Gasteiger partial charge >= 0.3 is 12.1 Å². The van der Waals surface area contributed by atoms with Gasteiger partial charge in [0.1, 0.15) is 15.7 Å². The molecule has 1 N–H and O–H groups in total. The molecule has 2 aliphatic carbocycles. The summed E-state index contributed by atoms with van der Waals surface area (Å²) >= 11 is 6.39. The molecule has 6 rings (SSSR count). The Morgan fingerprint density at radius 1 is 1.19 bits per heavy atom. The number of fused-ring (bicyclic) bond motifs is 4. The smallest absolute Gasteiger partial charge is 0.472 e. The zero-order chi connectivity index (χ0) is 34.4. The van der Waals surface area contributed by atoms with Crippen LogP contribution in [0.1, 0.15) is 67.4 Å². The third kappa shape index (κ3) is 6.72. The fourth-order valence-corrected chi connectivity index (χ4v) is 9.75. The van der Waals surface area contributed by atoms with Gasteiger partial charge in [0.25, 0.3) is 5.91 Å². The maximum Gasteiger partial charge on any atom is 0.472 e. The van der Waals surface area contributed by atoms with Crippen molar-refractivity contribution in [2.75, 3.05) is 31.7 Å². The number of carbonyl (C=O) groups is 2. The van der Waals surface area contributed by atoms with Crippen molar-refractivity contribution in [1.29, 1.82) is 0 Å². The van der Waals surface area contributed by atoms with Crippen molar-refractivity contribution < 1.29 is 36.4 Å². The molecule has 1 fully saturated rings. The number of allylic oxidation sites excluding steroid dienone is 1. The number of benzene rings is 2. The first-order valence-electron chi connectivity index (χ1n) is 16.4. The average Bonchev–Trinajstić information content (AvgIpc) is 3.17. The topological polar surface area (TPSA) is 97.3 Å². The van der Waals surface area contributed by atoms with Crippen LogP contribution in [0.5, 0.6) is 5.75 Å². The van der Waals surface area contributed by atoms with Gasteiger partial charge in [-0.05, 0) is 105 Å². The lowest BCUT2D eigenvalue weighted by Gasteiger charge is -2.46. The molecule has 2 aromatic rings. The van der Waals surface area contributed by atoms with Gasteiger partial charge in [0, 0.05) is 36.2 Å². The Kier molecular flexibility index (Phi) is 9.65. The van der Waals surface area contributed by atoms with Crippen molar-refractivity contribution >= 4 is 39.0 Å². The largest absolute Gasteiger partial charge is 0.490 e. The second kappa shape index (κ2) is 13.3. The molecule has 13 heteroatoms. The second-order valence-corrected chi connectivity index (χ2v) is 16.4. The van der Waals surface area contributed by atoms with E-state index >= 15 is 0 Å². The summed E-state index contributed by atoms with van der Waals surface area (Å²) in [4.78, 5) is 28.0. The van der Waals surface area contributed by atoms with E-state index in [4.69, 9.17) is 21.1 Å². The molecular formula is C35H41ClF3N3O5S. The van der Waals surface area contributed by atoms with Crippen LogP contribution < -0.4 is 14.4 Å². The number of aryl methyl sites for hydroxylation is 1. The van der Waals surface area contributed by atoms with E-state index in [0.29, 0.717) is 48.5 Å². The minimum atomic E-state index is -5.31. The Balaban J connectivity index is 1.47. The quantitative estimate of drug-likeness (QED) is 0.337. The van der Waals surface area contributed by atoms with E-state index < -0.39 is 39.1 Å². The summed E-state index contributed by atoms with van der Waals surface area (Å²) in [6, 6.07) is 10.8. The van der Waals surface area contributed by atoms with Gasteiger partial charge in [-0.3, -0.25) is 14.3 Å². The molecule has 2 amide bonds. The zero-order valence-corrected chi connectivity index (χ0v) is 28.8. The summed E-state index contributed by atoms with van der Waals surface area (Å²) in [7, 11) is -2.55. The molecule has 2 aromatic carbocycles. The van der Waals surface area contributed by atoms with Gasteiger partial charge in [-0.1, -0.05) is 36.7 Å². The van der Waals surface area contributed by atoms with Crippen molar-refractivity contribution in [2.45, 2.75) is 75.3 Å². The highest BCUT2D eigenvalue weighted by Crippen LogP contribution is 2.47. The zero-order valence-electron chi connectivity index (χ0n) is 27.2. The number of amides is 2. The van der Waals surface area contributed by atoms with Crippen molar-refractivity contribution in [2.24, 2.45) is 22.1 Å². The molecule has 2 aliphatic heterocycles. The summed E-state index contributed by atoms with van der Waals surface area (Å²) in [6.07, 6.45) is 3.40. The fourth-order valence-electron chi connectivity index (χ4n) is 7.68. The molecule has 7 unspecified atom stereocenters. The van der Waals surface area contributed by atoms with Crippen molar-refractivity contribution in [3.8, 4) is 5.75 Å². The first kappa shape index (κ1) is 34.8. The van der Waals surface area contributed by atoms with Crippen LogP contribution in [0.15, 0.2) is 52.9 Å². The number of rotatable bonds is 2. The van der Waals surface area contributed by atoms with E-state index in [9.17, 15) is 27.0 Å². The van der Waals surface area contributed by atoms with Crippen LogP contribution in [0.3, 0.4) is 0 Å². The molecule has 7 atom stereocenters. The van der Waals surface area contributed by atoms with Crippen molar-refractivity contribution in [3.63, 3.8) is 0 Å². The number of alkyl halides is 3. The number of halogens is 4. The number of anilines is 1. The molecule has 0 radical (unpaired) electrons. The summed E-state index contributed by atoms with van der Waals surface area (Å²) in [5.41, 5.74) is 2.72. The van der Waals surface area contributed by atoms with E-state index in [0.717, 1.165) is 32.1 Å². The van der Waals surface area contributed by atoms with E-state index in [1.165, 1.54) is 24.1 Å². The van der Waals surface area contributed by atoms with Crippen molar-refractivity contribution in [1.82, 2.24) is 4.72 Å². The van der Waals surface area contributed by atoms with Crippen LogP contribution in [0.25, 0.3) is 0 Å². The minimum absolute atomic E-state index is 0.0369. The van der Waals surface area contributed by atoms with Crippen molar-refractivity contribution in [3.05, 3.63) is 70.3 Å². The van der Waals surface area contributed by atoms with Gasteiger partial charge in [0.05, 0.1) is 23.6 Å². The molecule has 48 heavy (non-hydrogen) atoms. The third-order valence-corrected chi connectivity index (χ3v) is 13.4. The van der Waals surface area contributed by atoms with Crippen LogP contribution in [0.2, 0.25) is 5.02 Å². The number of hydrogen-bond donors (Lipinski definition) is 1. The molecule has 2 heterocycles. The van der Waals surface area contributed by atoms with Gasteiger partial charge < -0.3 is 14.4 Å². The highest BCUT2D eigenvalue weighted by Gasteiger charge is 2.45. The summed E-state index contributed by atoms with van der Waals surface area (Å²) in [6.45, 7) is 4.82. The lowest BCUT2D eigenvalue weighted by molar-refractivity contribution is -0.171. The third-order valence-electron chi connectivity index (χ3n) is 10.8. The summed E-state index contributed by atoms with van der Waals surface area (Å²) in [5.74, 6) is -2.81. The Bertz CT molecular complexity index is 1740. The lowest BCUT2D eigenvalue weighted by atomic mass is 9.68. The van der Waals surface area contributed by atoms with E-state index in [2.05, 4.69) is 15.3 Å². The van der Waals surface area contributed by atoms with E-state index in [1.807, 2.05) is 24.3 Å². The number of carbonyl (C=O) groups excluding carboxylic acids is 2. The van der Waals surface area contributed by atoms with Gasteiger partial charge in [-0.25, -0.2) is 4.21 Å². The number of hydrogen-bond acceptors (Lipinski definition) is 6. The standard InChI is InChI=1S/C35H41ClF3N3O5S/c1-21-6-4-8-30(46-3)27-12-9-25(27)18-42-19-34(15-5-7-23-16-26(36)11-13-28(23)34)20-47-31-14-10-24(17-29(31)42)32(43)40-48(45,22(21)2)41-33(44)35(37,38)39/h4,8,10-11,13-14,16-17,21-22,25,27,30H,5-7,9,12,15,18-20H2,1-3H3,(H,40,41,43,44,45)/b8-4+. The Morgan fingerprint density at radius 2 is 1.98 bits per heavy atom. The SMILES string of the molecule is COC1/C=C/CC(C)C(C)S(=O)(NC(=O)C(F)(F)F)=NC(=O)c2ccc3c(c2)N(CC2CCC21)CC1(CCCc2cc(Cl)ccc21)CO3. The number of ether oxygens (including phenoxy) is 2. The minimum Gasteiger partial charge on any atom is -0.490 e. The Labute approximate surface area is 284 Å². The van der Waals surface area contributed by atoms with Crippen LogP contribution in [-0.4, -0.2) is 60.4 Å². The summed E-state index contributed by atoms with van der Waals surface area (Å²) < 4.78 is 72.1. The first-order chi connectivity index (χ1) is 22.7. The Morgan fingerprint density at radius 3 is 2.69 bits per heavy atom. The lowest BCUT2D eigenvalue weighted by Crippen LogP contribution is -2.49. The van der Waals surface area contributed by atoms with E-state index in [1.54, 1.807) is 30.9 Å². The molecule has 1 saturated carbocycles. The maximum atomic E-state index is 14.1. The van der Waals surface area contributed by atoms with Gasteiger partial charge in [-0.15, -0.1) is 4.36 Å². The van der Waals surface area contributed by atoms with Gasteiger partial charge in [0.2, 0.25) is 0 Å². The average molecular weight is 708 g/mol. The fraction of sp³-hybridized carbons (Fsp3) is 0.543. The molecule has 1 spiro atoms. The number of methoxy groups -OCH3 is 1. The van der Waals surface area contributed by atoms with Crippen LogP contribution in [0.4, 0.5) is 18.9 Å². The molecule has 0 saturated heterocycles. The summed E-state index contributed by atoms with van der Waals surface area (Å²) in [5, 5.41) is -0.411. The van der Waals surface area contributed by atoms with Crippen LogP contribution >= 0.6 is 11.6 Å². The van der Waals surface area contributed by atoms with Crippen LogP contribution in [-0.2, 0) is 31.3 Å². The van der Waals surface area contributed by atoms with Gasteiger partial charge in [-0.2, -0.15) is 13.2 Å². The second-order valence-electron chi connectivity index (χ2n) is 13.7. The molecule has 260 valence electrons. The molecule has 8 nitrogen and oxygen atoms in total. The highest BCUT2D eigenvalue weighted by molar-refractivity contribution is 7.93. The van der Waals surface area contributed by atoms with E-state index in [-0.39, 0.29) is 23.0 Å². The first-order valence-corrected chi connectivity index (χ1v) is 18.4. The monoisotopic (exact) mass is 707 g/mol. The van der Waals surface area contributed by atoms with Gasteiger partial charge in [0.15, 0.2) is 0 Å². The normalized spacial score (nSPS) is 32.9.